The van der Waals surface area contributed by atoms with Gasteiger partial charge in [-0.2, -0.15) is 0 Å². The highest BCUT2D eigenvalue weighted by atomic mass is 16.5. The second-order valence-corrected chi connectivity index (χ2v) is 4.09. The zero-order chi connectivity index (χ0) is 10.8. The van der Waals surface area contributed by atoms with Gasteiger partial charge in [0.25, 0.3) is 0 Å². The van der Waals surface area contributed by atoms with Gasteiger partial charge in [0.1, 0.15) is 0 Å². The summed E-state index contributed by atoms with van der Waals surface area (Å²) in [6.07, 6.45) is 7.22. The van der Waals surface area contributed by atoms with Crippen LogP contribution in [0, 0.1) is 0 Å². The molecule has 0 bridgehead atoms. The number of aliphatic hydroxyl groups excluding tert-OH is 1. The Kier molecular flexibility index (Phi) is 9.42. The molecule has 0 fully saturated rings. The van der Waals surface area contributed by atoms with Crippen molar-refractivity contribution in [1.82, 2.24) is 0 Å². The molecule has 0 aromatic heterocycles. The Morgan fingerprint density at radius 1 is 1.07 bits per heavy atom. The molecule has 0 aromatic rings. The Hall–Kier alpha value is -0.0800. The summed E-state index contributed by atoms with van der Waals surface area (Å²) >= 11 is 0. The molecule has 1 atom stereocenters. The number of hydrogen-bond donors (Lipinski definition) is 1. The molecule has 0 aliphatic heterocycles. The average molecular weight is 202 g/mol. The summed E-state index contributed by atoms with van der Waals surface area (Å²) in [5.74, 6) is 0. The fourth-order valence-corrected chi connectivity index (χ4v) is 1.45. The van der Waals surface area contributed by atoms with Crippen LogP contribution in [-0.2, 0) is 4.74 Å². The third-order valence-electron chi connectivity index (χ3n) is 2.33. The molecule has 0 radical (unpaired) electrons. The molecule has 2 heteroatoms. The van der Waals surface area contributed by atoms with E-state index in [-0.39, 0.29) is 6.10 Å². The van der Waals surface area contributed by atoms with E-state index in [9.17, 15) is 0 Å². The molecule has 0 saturated heterocycles. The van der Waals surface area contributed by atoms with E-state index < -0.39 is 0 Å². The first-order valence-corrected chi connectivity index (χ1v) is 6.00. The zero-order valence-corrected chi connectivity index (χ0v) is 9.96. The van der Waals surface area contributed by atoms with Gasteiger partial charge in [0.2, 0.25) is 0 Å². The fraction of sp³-hybridized carbons (Fsp3) is 1.00. The van der Waals surface area contributed by atoms with Crippen LogP contribution in [0.2, 0.25) is 0 Å². The molecule has 2 nitrogen and oxygen atoms in total. The Labute approximate surface area is 88.7 Å². The van der Waals surface area contributed by atoms with Crippen molar-refractivity contribution >= 4 is 0 Å². The van der Waals surface area contributed by atoms with Crippen molar-refractivity contribution in [2.75, 3.05) is 6.61 Å². The maximum Gasteiger partial charge on any atom is 0.0745 e. The summed E-state index contributed by atoms with van der Waals surface area (Å²) in [5.41, 5.74) is 0. The Morgan fingerprint density at radius 2 is 1.57 bits per heavy atom. The SMILES string of the molecule is CCCCC(CCCC)OCC(C)O. The van der Waals surface area contributed by atoms with Gasteiger partial charge < -0.3 is 9.84 Å². The van der Waals surface area contributed by atoms with Gasteiger partial charge in [-0.05, 0) is 19.8 Å². The highest BCUT2D eigenvalue weighted by molar-refractivity contribution is 4.59. The molecule has 1 unspecified atom stereocenters. The molecule has 0 rings (SSSR count). The Balaban J connectivity index is 3.60. The summed E-state index contributed by atoms with van der Waals surface area (Å²) in [6.45, 7) is 6.66. The van der Waals surface area contributed by atoms with Gasteiger partial charge in [-0.25, -0.2) is 0 Å². The number of aliphatic hydroxyl groups is 1. The molecule has 14 heavy (non-hydrogen) atoms. The van der Waals surface area contributed by atoms with Crippen molar-refractivity contribution in [2.24, 2.45) is 0 Å². The first-order valence-electron chi connectivity index (χ1n) is 6.00. The minimum absolute atomic E-state index is 0.333. The predicted molar refractivity (Wildman–Crippen MR) is 60.5 cm³/mol. The van der Waals surface area contributed by atoms with E-state index in [1.165, 1.54) is 25.7 Å². The molecular formula is C12H26O2. The quantitative estimate of drug-likeness (QED) is 0.622. The topological polar surface area (TPSA) is 29.5 Å². The molecule has 0 amide bonds. The molecular weight excluding hydrogens is 176 g/mol. The molecule has 0 aliphatic rings. The van der Waals surface area contributed by atoms with E-state index in [0.29, 0.717) is 12.7 Å². The Morgan fingerprint density at radius 3 is 1.93 bits per heavy atom. The monoisotopic (exact) mass is 202 g/mol. The van der Waals surface area contributed by atoms with Crippen LogP contribution in [-0.4, -0.2) is 23.9 Å². The lowest BCUT2D eigenvalue weighted by Gasteiger charge is -2.18. The number of rotatable bonds is 9. The van der Waals surface area contributed by atoms with Crippen LogP contribution in [0.15, 0.2) is 0 Å². The normalized spacial score (nSPS) is 13.5. The van der Waals surface area contributed by atoms with Crippen molar-refractivity contribution < 1.29 is 9.84 Å². The smallest absolute Gasteiger partial charge is 0.0745 e. The predicted octanol–water partition coefficient (Wildman–Crippen LogP) is 3.13. The average Bonchev–Trinajstić information content (AvgIpc) is 2.16. The van der Waals surface area contributed by atoms with Crippen LogP contribution in [0.4, 0.5) is 0 Å². The molecule has 0 aliphatic carbocycles. The maximum atomic E-state index is 9.13. The van der Waals surface area contributed by atoms with E-state index in [4.69, 9.17) is 9.84 Å². The highest BCUT2D eigenvalue weighted by Crippen LogP contribution is 2.12. The summed E-state index contributed by atoms with van der Waals surface area (Å²) in [4.78, 5) is 0. The van der Waals surface area contributed by atoms with Gasteiger partial charge in [-0.1, -0.05) is 39.5 Å². The molecule has 86 valence electrons. The summed E-state index contributed by atoms with van der Waals surface area (Å²) in [6, 6.07) is 0. The lowest BCUT2D eigenvalue weighted by Crippen LogP contribution is -2.19. The van der Waals surface area contributed by atoms with Gasteiger partial charge in [0.15, 0.2) is 0 Å². The summed E-state index contributed by atoms with van der Waals surface area (Å²) in [7, 11) is 0. The van der Waals surface area contributed by atoms with E-state index in [2.05, 4.69) is 13.8 Å². The minimum Gasteiger partial charge on any atom is -0.391 e. The molecule has 1 N–H and O–H groups in total. The van der Waals surface area contributed by atoms with Crippen molar-refractivity contribution in [1.29, 1.82) is 0 Å². The van der Waals surface area contributed by atoms with Gasteiger partial charge in [-0.3, -0.25) is 0 Å². The number of unbranched alkanes of at least 4 members (excludes halogenated alkanes) is 2. The van der Waals surface area contributed by atoms with E-state index in [1.807, 2.05) is 0 Å². The number of hydrogen-bond acceptors (Lipinski definition) is 2. The molecule has 0 spiro atoms. The van der Waals surface area contributed by atoms with Crippen LogP contribution in [0.25, 0.3) is 0 Å². The van der Waals surface area contributed by atoms with Gasteiger partial charge in [-0.15, -0.1) is 0 Å². The third-order valence-corrected chi connectivity index (χ3v) is 2.33. The fourth-order valence-electron chi connectivity index (χ4n) is 1.45. The minimum atomic E-state index is -0.333. The van der Waals surface area contributed by atoms with Crippen molar-refractivity contribution in [3.05, 3.63) is 0 Å². The standard InChI is InChI=1S/C12H26O2/c1-4-6-8-12(9-7-5-2)14-10-11(3)13/h11-13H,4-10H2,1-3H3. The first-order chi connectivity index (χ1) is 6.70. The largest absolute Gasteiger partial charge is 0.391 e. The zero-order valence-electron chi connectivity index (χ0n) is 9.96. The Bertz CT molecular complexity index is 105. The lowest BCUT2D eigenvalue weighted by molar-refractivity contribution is -0.0114. The van der Waals surface area contributed by atoms with Crippen LogP contribution in [0.5, 0.6) is 0 Å². The van der Waals surface area contributed by atoms with Crippen LogP contribution >= 0.6 is 0 Å². The van der Waals surface area contributed by atoms with Gasteiger partial charge in [0.05, 0.1) is 18.8 Å². The van der Waals surface area contributed by atoms with Crippen LogP contribution in [0.3, 0.4) is 0 Å². The van der Waals surface area contributed by atoms with Crippen LogP contribution in [0.1, 0.15) is 59.3 Å². The molecule has 0 aromatic carbocycles. The van der Waals surface area contributed by atoms with E-state index in [0.717, 1.165) is 12.8 Å². The summed E-state index contributed by atoms with van der Waals surface area (Å²) in [5, 5.41) is 9.13. The second kappa shape index (κ2) is 9.47. The summed E-state index contributed by atoms with van der Waals surface area (Å²) < 4.78 is 5.66. The van der Waals surface area contributed by atoms with Crippen molar-refractivity contribution in [3.8, 4) is 0 Å². The maximum absolute atomic E-state index is 9.13. The first kappa shape index (κ1) is 13.9. The van der Waals surface area contributed by atoms with Crippen molar-refractivity contribution in [2.45, 2.75) is 71.5 Å². The number of ether oxygens (including phenoxy) is 1. The highest BCUT2D eigenvalue weighted by Gasteiger charge is 2.09. The van der Waals surface area contributed by atoms with Crippen LogP contribution < -0.4 is 0 Å². The third kappa shape index (κ3) is 8.52. The van der Waals surface area contributed by atoms with E-state index >= 15 is 0 Å². The van der Waals surface area contributed by atoms with Gasteiger partial charge in [0, 0.05) is 0 Å². The van der Waals surface area contributed by atoms with Crippen molar-refractivity contribution in [3.63, 3.8) is 0 Å². The second-order valence-electron chi connectivity index (χ2n) is 4.09. The van der Waals surface area contributed by atoms with Gasteiger partial charge >= 0.3 is 0 Å². The van der Waals surface area contributed by atoms with E-state index in [1.54, 1.807) is 6.92 Å². The molecule has 0 saturated carbocycles. The lowest BCUT2D eigenvalue weighted by atomic mass is 10.1. The molecule has 0 heterocycles.